The summed E-state index contributed by atoms with van der Waals surface area (Å²) in [6.07, 6.45) is 4.74. The van der Waals surface area contributed by atoms with Crippen LogP contribution in [-0.2, 0) is 30.2 Å². The molecule has 0 amide bonds. The van der Waals surface area contributed by atoms with Gasteiger partial charge >= 0.3 is 11.9 Å². The fourth-order valence-electron chi connectivity index (χ4n) is 3.79. The minimum Gasteiger partial charge on any atom is -0.461 e. The van der Waals surface area contributed by atoms with Crippen LogP contribution in [0.25, 0.3) is 11.1 Å². The highest BCUT2D eigenvalue weighted by molar-refractivity contribution is 5.88. The highest BCUT2D eigenvalue weighted by Gasteiger charge is 2.20. The molecule has 2 aromatic rings. The number of esters is 2. The first-order valence-electron chi connectivity index (χ1n) is 12.3. The second kappa shape index (κ2) is 15.0. The second-order valence-electron chi connectivity index (χ2n) is 8.92. The van der Waals surface area contributed by atoms with Crippen LogP contribution < -0.4 is 0 Å². The molecule has 0 aromatic heterocycles. The molecule has 2 rings (SSSR count). The summed E-state index contributed by atoms with van der Waals surface area (Å²) in [4.78, 5) is 24.3. The Labute approximate surface area is 214 Å². The van der Waals surface area contributed by atoms with E-state index >= 15 is 0 Å². The first-order chi connectivity index (χ1) is 17.3. The summed E-state index contributed by atoms with van der Waals surface area (Å²) < 4.78 is 15.7. The number of benzene rings is 2. The van der Waals surface area contributed by atoms with E-state index in [-0.39, 0.29) is 31.0 Å². The molecule has 36 heavy (non-hydrogen) atoms. The minimum absolute atomic E-state index is 0.00824. The van der Waals surface area contributed by atoms with E-state index < -0.39 is 24.5 Å². The summed E-state index contributed by atoms with van der Waals surface area (Å²) in [6.45, 7) is 10.9. The largest absolute Gasteiger partial charge is 0.461 e. The SMILES string of the molecule is C=C(CO)C(=O)OCC(COC(=O)C(=C)COC)c1ccc(-c2ccc(CCCCC)cc2)c(C)c1. The van der Waals surface area contributed by atoms with Crippen molar-refractivity contribution < 1.29 is 28.9 Å². The average molecular weight is 495 g/mol. The summed E-state index contributed by atoms with van der Waals surface area (Å²) in [6, 6.07) is 14.7. The number of aliphatic hydroxyl groups is 1. The molecule has 1 N–H and O–H groups in total. The number of rotatable bonds is 15. The number of hydrogen-bond donors (Lipinski definition) is 1. The van der Waals surface area contributed by atoms with Gasteiger partial charge in [0.25, 0.3) is 0 Å². The summed E-state index contributed by atoms with van der Waals surface area (Å²) >= 11 is 0. The molecule has 0 fully saturated rings. The normalized spacial score (nSPS) is 11.6. The molecule has 0 saturated heterocycles. The van der Waals surface area contributed by atoms with E-state index in [0.29, 0.717) is 0 Å². The summed E-state index contributed by atoms with van der Waals surface area (Å²) in [5.41, 5.74) is 5.65. The molecule has 0 aliphatic rings. The molecule has 0 aliphatic carbocycles. The van der Waals surface area contributed by atoms with Crippen LogP contribution in [0.1, 0.15) is 48.8 Å². The maximum Gasteiger partial charge on any atom is 0.335 e. The lowest BCUT2D eigenvalue weighted by molar-refractivity contribution is -0.143. The Morgan fingerprint density at radius 1 is 0.944 bits per heavy atom. The van der Waals surface area contributed by atoms with Gasteiger partial charge in [-0.3, -0.25) is 0 Å². The monoisotopic (exact) mass is 494 g/mol. The summed E-state index contributed by atoms with van der Waals surface area (Å²) in [5.74, 6) is -1.67. The zero-order valence-corrected chi connectivity index (χ0v) is 21.7. The van der Waals surface area contributed by atoms with E-state index in [4.69, 9.17) is 19.3 Å². The molecule has 0 bridgehead atoms. The van der Waals surface area contributed by atoms with Crippen LogP contribution in [0.15, 0.2) is 66.8 Å². The lowest BCUT2D eigenvalue weighted by Gasteiger charge is -2.20. The van der Waals surface area contributed by atoms with Crippen molar-refractivity contribution in [2.24, 2.45) is 0 Å². The number of aliphatic hydroxyl groups excluding tert-OH is 1. The smallest absolute Gasteiger partial charge is 0.335 e. The fraction of sp³-hybridized carbons (Fsp3) is 0.400. The fourth-order valence-corrected chi connectivity index (χ4v) is 3.79. The number of ether oxygens (including phenoxy) is 3. The zero-order valence-electron chi connectivity index (χ0n) is 21.7. The molecule has 6 nitrogen and oxygen atoms in total. The molecular formula is C30H38O6. The molecule has 0 heterocycles. The van der Waals surface area contributed by atoms with Crippen molar-refractivity contribution in [1.82, 2.24) is 0 Å². The van der Waals surface area contributed by atoms with Gasteiger partial charge in [0, 0.05) is 7.11 Å². The molecule has 6 heteroatoms. The number of unbranched alkanes of at least 4 members (excludes halogenated alkanes) is 2. The van der Waals surface area contributed by atoms with Gasteiger partial charge in [-0.25, -0.2) is 9.59 Å². The van der Waals surface area contributed by atoms with Crippen molar-refractivity contribution >= 4 is 11.9 Å². The number of hydrogen-bond acceptors (Lipinski definition) is 6. The Morgan fingerprint density at radius 2 is 1.58 bits per heavy atom. The maximum atomic E-state index is 12.2. The zero-order chi connectivity index (χ0) is 26.5. The van der Waals surface area contributed by atoms with Crippen LogP contribution in [0.4, 0.5) is 0 Å². The number of carbonyl (C=O) groups excluding carboxylic acids is 2. The molecule has 0 aliphatic heterocycles. The minimum atomic E-state index is -0.690. The lowest BCUT2D eigenvalue weighted by Crippen LogP contribution is -2.22. The maximum absolute atomic E-state index is 12.2. The molecule has 194 valence electrons. The third-order valence-corrected chi connectivity index (χ3v) is 5.97. The van der Waals surface area contributed by atoms with Crippen molar-refractivity contribution in [3.63, 3.8) is 0 Å². The van der Waals surface area contributed by atoms with Gasteiger partial charge in [-0.05, 0) is 47.6 Å². The highest BCUT2D eigenvalue weighted by atomic mass is 16.5. The predicted octanol–water partition coefficient (Wildman–Crippen LogP) is 5.32. The third-order valence-electron chi connectivity index (χ3n) is 5.97. The Hall–Kier alpha value is -3.22. The molecule has 1 unspecified atom stereocenters. The van der Waals surface area contributed by atoms with Gasteiger partial charge in [-0.15, -0.1) is 0 Å². The van der Waals surface area contributed by atoms with Crippen molar-refractivity contribution in [3.8, 4) is 11.1 Å². The number of methoxy groups -OCH3 is 1. The quantitative estimate of drug-likeness (QED) is 0.205. The van der Waals surface area contributed by atoms with Crippen LogP contribution in [-0.4, -0.2) is 50.6 Å². The van der Waals surface area contributed by atoms with E-state index in [2.05, 4.69) is 44.3 Å². The van der Waals surface area contributed by atoms with E-state index in [1.807, 2.05) is 25.1 Å². The van der Waals surface area contributed by atoms with Gasteiger partial charge in [0.1, 0.15) is 13.2 Å². The van der Waals surface area contributed by atoms with Crippen LogP contribution in [0.2, 0.25) is 0 Å². The first-order valence-corrected chi connectivity index (χ1v) is 12.3. The van der Waals surface area contributed by atoms with Crippen molar-refractivity contribution in [2.75, 3.05) is 33.5 Å². The van der Waals surface area contributed by atoms with Gasteiger partial charge in [0.15, 0.2) is 0 Å². The van der Waals surface area contributed by atoms with E-state index in [1.54, 1.807) is 0 Å². The van der Waals surface area contributed by atoms with Gasteiger partial charge in [-0.2, -0.15) is 0 Å². The number of carbonyl (C=O) groups is 2. The topological polar surface area (TPSA) is 82.1 Å². The molecule has 2 aromatic carbocycles. The predicted molar refractivity (Wildman–Crippen MR) is 142 cm³/mol. The van der Waals surface area contributed by atoms with Gasteiger partial charge in [-0.1, -0.05) is 75.4 Å². The first kappa shape index (κ1) is 29.0. The molecule has 0 spiro atoms. The van der Waals surface area contributed by atoms with Crippen LogP contribution in [0.3, 0.4) is 0 Å². The Morgan fingerprint density at radius 3 is 2.14 bits per heavy atom. The van der Waals surface area contributed by atoms with E-state index in [0.717, 1.165) is 28.7 Å². The van der Waals surface area contributed by atoms with Gasteiger partial charge in [0.2, 0.25) is 0 Å². The van der Waals surface area contributed by atoms with Crippen molar-refractivity contribution in [1.29, 1.82) is 0 Å². The van der Waals surface area contributed by atoms with Gasteiger partial charge < -0.3 is 19.3 Å². The Balaban J connectivity index is 2.19. The average Bonchev–Trinajstić information content (AvgIpc) is 2.88. The highest BCUT2D eigenvalue weighted by Crippen LogP contribution is 2.28. The van der Waals surface area contributed by atoms with Crippen molar-refractivity contribution in [2.45, 2.75) is 45.4 Å². The van der Waals surface area contributed by atoms with Crippen LogP contribution in [0, 0.1) is 6.92 Å². The standard InChI is InChI=1S/C30H38O6/c1-6-7-8-9-24-10-12-25(13-11-24)28-15-14-26(16-21(28)2)27(19-35-29(32)22(3)17-31)20-36-30(33)23(4)18-34-5/h10-16,27,31H,3-4,6-9,17-20H2,1-2,5H3. The van der Waals surface area contributed by atoms with Crippen LogP contribution >= 0.6 is 0 Å². The molecule has 1 atom stereocenters. The van der Waals surface area contributed by atoms with E-state index in [9.17, 15) is 9.59 Å². The summed E-state index contributed by atoms with van der Waals surface area (Å²) in [5, 5.41) is 9.13. The van der Waals surface area contributed by atoms with Crippen molar-refractivity contribution in [3.05, 3.63) is 83.5 Å². The molecule has 0 saturated carbocycles. The third kappa shape index (κ3) is 8.77. The molecular weight excluding hydrogens is 456 g/mol. The Bertz CT molecular complexity index is 1040. The molecule has 0 radical (unpaired) electrons. The number of aryl methyl sites for hydroxylation is 2. The second-order valence-corrected chi connectivity index (χ2v) is 8.92. The van der Waals surface area contributed by atoms with Crippen LogP contribution in [0.5, 0.6) is 0 Å². The lowest BCUT2D eigenvalue weighted by atomic mass is 9.92. The van der Waals surface area contributed by atoms with Gasteiger partial charge in [0.05, 0.1) is 30.3 Å². The van der Waals surface area contributed by atoms with E-state index in [1.165, 1.54) is 31.9 Å². The summed E-state index contributed by atoms with van der Waals surface area (Å²) in [7, 11) is 1.47. The Kier molecular flexibility index (Phi) is 12.1.